The van der Waals surface area contributed by atoms with Gasteiger partial charge in [0.1, 0.15) is 11.4 Å². The van der Waals surface area contributed by atoms with Crippen LogP contribution in [0.5, 0.6) is 5.75 Å². The smallest absolute Gasteiger partial charge is 0.274 e. The second-order valence-electron chi connectivity index (χ2n) is 7.62. The van der Waals surface area contributed by atoms with Gasteiger partial charge >= 0.3 is 0 Å². The zero-order chi connectivity index (χ0) is 20.6. The van der Waals surface area contributed by atoms with Gasteiger partial charge in [0.25, 0.3) is 5.91 Å². The molecule has 1 heterocycles. The highest BCUT2D eigenvalue weighted by Gasteiger charge is 2.14. The number of carbonyl (C=O) groups excluding carboxylic acids is 1. The standard InChI is InChI=1S/C23H30N4O2/c1-16(2)29-21-12-8-7-11-19(21)26-22(28)20-15-17(3)25-23(27-20)24-14-13-18-9-5-4-6-10-18/h7-9,11-12,15-16H,4-6,10,13-14H2,1-3H3,(H,26,28)(H,24,25,27). The molecule has 6 heteroatoms. The van der Waals surface area contributed by atoms with E-state index >= 15 is 0 Å². The number of nitrogens with zero attached hydrogens (tertiary/aromatic N) is 2. The van der Waals surface area contributed by atoms with Crippen molar-refractivity contribution >= 4 is 17.5 Å². The number of ether oxygens (including phenoxy) is 1. The first-order valence-electron chi connectivity index (χ1n) is 10.4. The molecule has 0 saturated heterocycles. The number of nitrogens with one attached hydrogen (secondary N) is 2. The minimum absolute atomic E-state index is 0.0180. The summed E-state index contributed by atoms with van der Waals surface area (Å²) in [5, 5.41) is 6.16. The minimum Gasteiger partial charge on any atom is -0.489 e. The lowest BCUT2D eigenvalue weighted by Gasteiger charge is -2.15. The van der Waals surface area contributed by atoms with Crippen molar-refractivity contribution in [3.05, 3.63) is 53.4 Å². The minimum atomic E-state index is -0.284. The van der Waals surface area contributed by atoms with Crippen LogP contribution in [-0.4, -0.2) is 28.5 Å². The summed E-state index contributed by atoms with van der Waals surface area (Å²) in [5.74, 6) is 0.840. The van der Waals surface area contributed by atoms with E-state index in [2.05, 4.69) is 26.7 Å². The van der Waals surface area contributed by atoms with Crippen LogP contribution < -0.4 is 15.4 Å². The molecule has 0 aliphatic heterocycles. The van der Waals surface area contributed by atoms with Crippen molar-refractivity contribution in [3.8, 4) is 5.75 Å². The molecule has 0 bridgehead atoms. The molecule has 6 nitrogen and oxygen atoms in total. The van der Waals surface area contributed by atoms with Gasteiger partial charge in [-0.25, -0.2) is 9.97 Å². The Bertz CT molecular complexity index is 877. The summed E-state index contributed by atoms with van der Waals surface area (Å²) in [6.07, 6.45) is 8.28. The van der Waals surface area contributed by atoms with Crippen LogP contribution >= 0.6 is 0 Å². The third-order valence-electron chi connectivity index (χ3n) is 4.70. The van der Waals surface area contributed by atoms with Gasteiger partial charge in [-0.05, 0) is 71.1 Å². The van der Waals surface area contributed by atoms with Crippen LogP contribution in [0.4, 0.5) is 11.6 Å². The van der Waals surface area contributed by atoms with Crippen molar-refractivity contribution in [2.45, 2.75) is 59.0 Å². The summed E-state index contributed by atoms with van der Waals surface area (Å²) in [4.78, 5) is 21.6. The van der Waals surface area contributed by atoms with Gasteiger partial charge < -0.3 is 15.4 Å². The van der Waals surface area contributed by atoms with E-state index in [9.17, 15) is 4.79 Å². The fourth-order valence-corrected chi connectivity index (χ4v) is 3.34. The molecule has 29 heavy (non-hydrogen) atoms. The molecule has 1 amide bonds. The highest BCUT2D eigenvalue weighted by Crippen LogP contribution is 2.25. The third-order valence-corrected chi connectivity index (χ3v) is 4.70. The Balaban J connectivity index is 1.66. The predicted octanol–water partition coefficient (Wildman–Crippen LogP) is 5.13. The molecule has 1 aromatic heterocycles. The number of benzene rings is 1. The molecule has 0 saturated carbocycles. The number of anilines is 2. The number of hydrogen-bond acceptors (Lipinski definition) is 5. The van der Waals surface area contributed by atoms with Gasteiger partial charge in [-0.15, -0.1) is 0 Å². The van der Waals surface area contributed by atoms with Crippen LogP contribution in [0.15, 0.2) is 42.0 Å². The zero-order valence-electron chi connectivity index (χ0n) is 17.5. The van der Waals surface area contributed by atoms with Gasteiger partial charge in [0.05, 0.1) is 11.8 Å². The summed E-state index contributed by atoms with van der Waals surface area (Å²) < 4.78 is 5.78. The van der Waals surface area contributed by atoms with E-state index in [1.807, 2.05) is 45.0 Å². The third kappa shape index (κ3) is 6.31. The summed E-state index contributed by atoms with van der Waals surface area (Å²) in [6, 6.07) is 9.09. The molecular formula is C23H30N4O2. The molecule has 0 fully saturated rings. The zero-order valence-corrected chi connectivity index (χ0v) is 17.5. The lowest BCUT2D eigenvalue weighted by molar-refractivity contribution is 0.102. The quantitative estimate of drug-likeness (QED) is 0.607. The van der Waals surface area contributed by atoms with Crippen LogP contribution in [0.1, 0.15) is 62.1 Å². The van der Waals surface area contributed by atoms with Gasteiger partial charge in [-0.2, -0.15) is 0 Å². The number of aryl methyl sites for hydroxylation is 1. The molecule has 2 aromatic rings. The van der Waals surface area contributed by atoms with Crippen molar-refractivity contribution < 1.29 is 9.53 Å². The van der Waals surface area contributed by atoms with Crippen molar-refractivity contribution in [1.29, 1.82) is 0 Å². The molecule has 1 aliphatic carbocycles. The number of rotatable bonds is 8. The Morgan fingerprint density at radius 3 is 2.79 bits per heavy atom. The highest BCUT2D eigenvalue weighted by molar-refractivity contribution is 6.03. The van der Waals surface area contributed by atoms with E-state index in [0.717, 1.165) is 18.7 Å². The first-order valence-corrected chi connectivity index (χ1v) is 10.4. The average Bonchev–Trinajstić information content (AvgIpc) is 2.69. The van der Waals surface area contributed by atoms with Crippen molar-refractivity contribution in [2.75, 3.05) is 17.2 Å². The highest BCUT2D eigenvalue weighted by atomic mass is 16.5. The van der Waals surface area contributed by atoms with Crippen LogP contribution in [-0.2, 0) is 0 Å². The number of hydrogen-bond donors (Lipinski definition) is 2. The molecule has 0 atom stereocenters. The van der Waals surface area contributed by atoms with Gasteiger partial charge in [0, 0.05) is 12.2 Å². The lowest BCUT2D eigenvalue weighted by atomic mass is 9.97. The topological polar surface area (TPSA) is 76.1 Å². The van der Waals surface area contributed by atoms with Gasteiger partial charge in [-0.1, -0.05) is 23.8 Å². The molecule has 154 valence electrons. The number of aromatic nitrogens is 2. The number of carbonyl (C=O) groups is 1. The van der Waals surface area contributed by atoms with Gasteiger partial charge in [-0.3, -0.25) is 4.79 Å². The summed E-state index contributed by atoms with van der Waals surface area (Å²) in [6.45, 7) is 6.53. The Labute approximate surface area is 172 Å². The second-order valence-corrected chi connectivity index (χ2v) is 7.62. The first-order chi connectivity index (χ1) is 14.0. The van der Waals surface area contributed by atoms with Crippen LogP contribution in [0.3, 0.4) is 0 Å². The van der Waals surface area contributed by atoms with Crippen LogP contribution in [0, 0.1) is 6.92 Å². The van der Waals surface area contributed by atoms with E-state index in [1.165, 1.54) is 31.3 Å². The average molecular weight is 395 g/mol. The SMILES string of the molecule is Cc1cc(C(=O)Nc2ccccc2OC(C)C)nc(NCCC2=CCCCC2)n1. The predicted molar refractivity (Wildman–Crippen MR) is 117 cm³/mol. The molecule has 3 rings (SSSR count). The maximum atomic E-state index is 12.8. The summed E-state index contributed by atoms with van der Waals surface area (Å²) >= 11 is 0. The van der Waals surface area contributed by atoms with Gasteiger partial charge in [0.15, 0.2) is 0 Å². The first kappa shape index (κ1) is 20.8. The Kier molecular flexibility index (Phi) is 7.22. The molecule has 0 spiro atoms. The Morgan fingerprint density at radius 2 is 2.03 bits per heavy atom. The molecule has 1 aromatic carbocycles. The lowest BCUT2D eigenvalue weighted by Crippen LogP contribution is -2.17. The maximum absolute atomic E-state index is 12.8. The van der Waals surface area contributed by atoms with Crippen molar-refractivity contribution in [2.24, 2.45) is 0 Å². The number of amides is 1. The summed E-state index contributed by atoms with van der Waals surface area (Å²) in [7, 11) is 0. The fraction of sp³-hybridized carbons (Fsp3) is 0.435. The van der Waals surface area contributed by atoms with E-state index in [4.69, 9.17) is 4.74 Å². The molecular weight excluding hydrogens is 364 g/mol. The van der Waals surface area contributed by atoms with E-state index in [0.29, 0.717) is 23.1 Å². The summed E-state index contributed by atoms with van der Waals surface area (Å²) in [5.41, 5.74) is 3.20. The maximum Gasteiger partial charge on any atom is 0.274 e. The monoisotopic (exact) mass is 394 g/mol. The number of allylic oxidation sites excluding steroid dienone is 1. The van der Waals surface area contributed by atoms with Crippen molar-refractivity contribution in [3.63, 3.8) is 0 Å². The molecule has 0 unspecified atom stereocenters. The van der Waals surface area contributed by atoms with Crippen LogP contribution in [0.25, 0.3) is 0 Å². The van der Waals surface area contributed by atoms with E-state index < -0.39 is 0 Å². The molecule has 2 N–H and O–H groups in total. The largest absolute Gasteiger partial charge is 0.489 e. The van der Waals surface area contributed by atoms with E-state index in [-0.39, 0.29) is 12.0 Å². The van der Waals surface area contributed by atoms with Crippen LogP contribution in [0.2, 0.25) is 0 Å². The molecule has 0 radical (unpaired) electrons. The van der Waals surface area contributed by atoms with E-state index in [1.54, 1.807) is 6.07 Å². The normalized spacial score (nSPS) is 13.7. The Hall–Kier alpha value is -2.89. The number of para-hydroxylation sites is 2. The van der Waals surface area contributed by atoms with Gasteiger partial charge in [0.2, 0.25) is 5.95 Å². The fourth-order valence-electron chi connectivity index (χ4n) is 3.34. The second kappa shape index (κ2) is 10.0. The van der Waals surface area contributed by atoms with Crippen molar-refractivity contribution in [1.82, 2.24) is 9.97 Å². The molecule has 1 aliphatic rings. The Morgan fingerprint density at radius 1 is 1.21 bits per heavy atom.